The molecule has 3 fully saturated rings. The Labute approximate surface area is 150 Å². The van der Waals surface area contributed by atoms with Gasteiger partial charge in [-0.05, 0) is 52.0 Å². The molecule has 3 aliphatic heterocycles. The van der Waals surface area contributed by atoms with E-state index in [0.717, 1.165) is 0 Å². The number of hydrogen-bond donors (Lipinski definition) is 1. The summed E-state index contributed by atoms with van der Waals surface area (Å²) >= 11 is 0. The Morgan fingerprint density at radius 3 is 2.19 bits per heavy atom. The lowest BCUT2D eigenvalue weighted by atomic mass is 9.98. The number of halogens is 1. The van der Waals surface area contributed by atoms with Crippen LogP contribution in [-0.4, -0.2) is 48.2 Å². The lowest BCUT2D eigenvalue weighted by molar-refractivity contribution is -0.229. The van der Waals surface area contributed by atoms with Crippen molar-refractivity contribution in [2.45, 2.75) is 70.0 Å². The summed E-state index contributed by atoms with van der Waals surface area (Å²) < 4.78 is 42.5. The van der Waals surface area contributed by atoms with E-state index in [1.54, 1.807) is 27.7 Å². The highest BCUT2D eigenvalue weighted by Crippen LogP contribution is 2.44. The highest BCUT2D eigenvalue weighted by Gasteiger charge is 2.62. The third-order valence-electron chi connectivity index (χ3n) is 4.52. The van der Waals surface area contributed by atoms with E-state index in [4.69, 9.17) is 23.7 Å². The SMILES string of the molecule is CC1(C)O[C@@H]2O[C@@H](C(=O)Nc3ccc(F)cc3)[C@H]3OC(C)(C)O[C@@H]3[C@H]2O1. The summed E-state index contributed by atoms with van der Waals surface area (Å²) in [5.41, 5.74) is 0.459. The molecule has 0 aliphatic carbocycles. The Morgan fingerprint density at radius 2 is 1.50 bits per heavy atom. The summed E-state index contributed by atoms with van der Waals surface area (Å²) in [5, 5.41) is 2.72. The molecule has 0 unspecified atom stereocenters. The van der Waals surface area contributed by atoms with Crippen molar-refractivity contribution in [1.29, 1.82) is 0 Å². The van der Waals surface area contributed by atoms with Gasteiger partial charge in [0.05, 0.1) is 0 Å². The fraction of sp³-hybridized carbons (Fsp3) is 0.611. The average molecular weight is 367 g/mol. The van der Waals surface area contributed by atoms with E-state index < -0.39 is 48.2 Å². The number of ether oxygens (including phenoxy) is 5. The van der Waals surface area contributed by atoms with Crippen molar-refractivity contribution in [3.8, 4) is 0 Å². The molecule has 0 aromatic heterocycles. The first kappa shape index (κ1) is 17.8. The number of anilines is 1. The average Bonchev–Trinajstić information content (AvgIpc) is 3.02. The van der Waals surface area contributed by atoms with Gasteiger partial charge in [-0.2, -0.15) is 0 Å². The number of amides is 1. The van der Waals surface area contributed by atoms with Gasteiger partial charge in [-0.1, -0.05) is 0 Å². The number of carbonyl (C=O) groups is 1. The second-order valence-corrected chi connectivity index (χ2v) is 7.59. The fourth-order valence-electron chi connectivity index (χ4n) is 3.57. The Morgan fingerprint density at radius 1 is 0.923 bits per heavy atom. The van der Waals surface area contributed by atoms with Gasteiger partial charge in [0.1, 0.15) is 24.1 Å². The normalized spacial score (nSPS) is 37.0. The van der Waals surface area contributed by atoms with Crippen LogP contribution in [0.1, 0.15) is 27.7 Å². The molecule has 7 nitrogen and oxygen atoms in total. The van der Waals surface area contributed by atoms with Crippen LogP contribution in [0.5, 0.6) is 0 Å². The quantitative estimate of drug-likeness (QED) is 0.863. The fourth-order valence-corrected chi connectivity index (χ4v) is 3.57. The summed E-state index contributed by atoms with van der Waals surface area (Å²) in [6.07, 6.45) is -3.34. The number of benzene rings is 1. The monoisotopic (exact) mass is 367 g/mol. The number of nitrogens with one attached hydrogen (secondary N) is 1. The summed E-state index contributed by atoms with van der Waals surface area (Å²) in [4.78, 5) is 12.8. The Hall–Kier alpha value is -1.58. The van der Waals surface area contributed by atoms with Crippen molar-refractivity contribution >= 4 is 11.6 Å². The van der Waals surface area contributed by atoms with Crippen LogP contribution < -0.4 is 5.32 Å². The molecule has 1 amide bonds. The highest BCUT2D eigenvalue weighted by atomic mass is 19.1. The molecule has 3 saturated heterocycles. The predicted molar refractivity (Wildman–Crippen MR) is 87.6 cm³/mol. The van der Waals surface area contributed by atoms with Crippen molar-refractivity contribution in [2.24, 2.45) is 0 Å². The third kappa shape index (κ3) is 3.23. The van der Waals surface area contributed by atoms with E-state index in [2.05, 4.69) is 5.32 Å². The molecule has 1 aromatic rings. The Balaban J connectivity index is 1.57. The van der Waals surface area contributed by atoms with Crippen molar-refractivity contribution in [1.82, 2.24) is 0 Å². The molecule has 8 heteroatoms. The second-order valence-electron chi connectivity index (χ2n) is 7.59. The lowest BCUT2D eigenvalue weighted by Crippen LogP contribution is -2.58. The number of rotatable bonds is 2. The van der Waals surface area contributed by atoms with Gasteiger partial charge in [-0.25, -0.2) is 4.39 Å². The van der Waals surface area contributed by atoms with Crippen LogP contribution in [0.3, 0.4) is 0 Å². The van der Waals surface area contributed by atoms with Gasteiger partial charge < -0.3 is 29.0 Å². The Kier molecular flexibility index (Phi) is 4.09. The first-order chi connectivity index (χ1) is 12.1. The molecule has 3 aliphatic rings. The maximum atomic E-state index is 13.1. The van der Waals surface area contributed by atoms with Gasteiger partial charge in [0.25, 0.3) is 5.91 Å². The molecule has 3 heterocycles. The van der Waals surface area contributed by atoms with Crippen LogP contribution >= 0.6 is 0 Å². The van der Waals surface area contributed by atoms with Crippen molar-refractivity contribution in [2.75, 3.05) is 5.32 Å². The number of carbonyl (C=O) groups excluding carboxylic acids is 1. The minimum absolute atomic E-state index is 0.382. The van der Waals surface area contributed by atoms with E-state index in [-0.39, 0.29) is 5.82 Å². The Bertz CT molecular complexity index is 706. The van der Waals surface area contributed by atoms with Gasteiger partial charge in [0, 0.05) is 5.69 Å². The van der Waals surface area contributed by atoms with Gasteiger partial charge >= 0.3 is 0 Å². The van der Waals surface area contributed by atoms with Gasteiger partial charge in [-0.3, -0.25) is 4.79 Å². The molecule has 0 spiro atoms. The largest absolute Gasteiger partial charge is 0.342 e. The van der Waals surface area contributed by atoms with Crippen molar-refractivity contribution < 1.29 is 32.9 Å². The molecule has 4 rings (SSSR count). The van der Waals surface area contributed by atoms with Crippen molar-refractivity contribution in [3.63, 3.8) is 0 Å². The predicted octanol–water partition coefficient (Wildman–Crippen LogP) is 2.16. The van der Waals surface area contributed by atoms with Gasteiger partial charge in [-0.15, -0.1) is 0 Å². The summed E-state index contributed by atoms with van der Waals surface area (Å²) in [7, 11) is 0. The highest BCUT2D eigenvalue weighted by molar-refractivity contribution is 5.94. The molecular formula is C18H22FNO6. The maximum Gasteiger partial charge on any atom is 0.256 e. The van der Waals surface area contributed by atoms with E-state index in [1.807, 2.05) is 0 Å². The van der Waals surface area contributed by atoms with E-state index >= 15 is 0 Å². The minimum atomic E-state index is -0.953. The first-order valence-corrected chi connectivity index (χ1v) is 8.57. The maximum absolute atomic E-state index is 13.1. The standard InChI is InChI=1S/C18H22FNO6/c1-17(2)23-11-12(24-17)14-16(26-18(3,4)25-14)22-13(11)15(21)20-10-7-5-9(19)6-8-10/h5-8,11-14,16H,1-4H3,(H,20,21)/t11-,12-,13+,14+,16-/m0/s1. The third-order valence-corrected chi connectivity index (χ3v) is 4.52. The van der Waals surface area contributed by atoms with Crippen LogP contribution in [0.15, 0.2) is 24.3 Å². The van der Waals surface area contributed by atoms with Crippen LogP contribution in [0.4, 0.5) is 10.1 Å². The van der Waals surface area contributed by atoms with Gasteiger partial charge in [0.15, 0.2) is 24.0 Å². The zero-order valence-electron chi connectivity index (χ0n) is 15.0. The molecule has 5 atom stereocenters. The van der Waals surface area contributed by atoms with Crippen LogP contribution in [-0.2, 0) is 28.5 Å². The van der Waals surface area contributed by atoms with E-state index in [1.165, 1.54) is 24.3 Å². The summed E-state index contributed by atoms with van der Waals surface area (Å²) in [5.74, 6) is -2.52. The topological polar surface area (TPSA) is 75.3 Å². The summed E-state index contributed by atoms with van der Waals surface area (Å²) in [6, 6.07) is 5.49. The minimum Gasteiger partial charge on any atom is -0.342 e. The van der Waals surface area contributed by atoms with E-state index in [0.29, 0.717) is 5.69 Å². The molecule has 0 radical (unpaired) electrons. The smallest absolute Gasteiger partial charge is 0.256 e. The number of fused-ring (bicyclic) bond motifs is 3. The molecule has 0 bridgehead atoms. The van der Waals surface area contributed by atoms with E-state index in [9.17, 15) is 9.18 Å². The zero-order valence-corrected chi connectivity index (χ0v) is 15.0. The molecule has 142 valence electrons. The molecule has 1 aromatic carbocycles. The van der Waals surface area contributed by atoms with Crippen LogP contribution in [0, 0.1) is 5.82 Å². The molecular weight excluding hydrogens is 345 g/mol. The molecule has 0 saturated carbocycles. The first-order valence-electron chi connectivity index (χ1n) is 8.57. The van der Waals surface area contributed by atoms with Crippen molar-refractivity contribution in [3.05, 3.63) is 30.1 Å². The summed E-state index contributed by atoms with van der Waals surface area (Å²) in [6.45, 7) is 7.10. The number of hydrogen-bond acceptors (Lipinski definition) is 6. The molecule has 26 heavy (non-hydrogen) atoms. The van der Waals surface area contributed by atoms with Crippen LogP contribution in [0.25, 0.3) is 0 Å². The molecule has 1 N–H and O–H groups in total. The van der Waals surface area contributed by atoms with Gasteiger partial charge in [0.2, 0.25) is 0 Å². The van der Waals surface area contributed by atoms with Crippen LogP contribution in [0.2, 0.25) is 0 Å². The lowest BCUT2D eigenvalue weighted by Gasteiger charge is -2.36. The second kappa shape index (κ2) is 5.97. The zero-order chi connectivity index (χ0) is 18.7.